The van der Waals surface area contributed by atoms with E-state index in [2.05, 4.69) is 9.98 Å². The van der Waals surface area contributed by atoms with Gasteiger partial charge in [0.25, 0.3) is 0 Å². The van der Waals surface area contributed by atoms with Crippen molar-refractivity contribution in [2.24, 2.45) is 4.99 Å². The van der Waals surface area contributed by atoms with Crippen LogP contribution >= 0.6 is 7.67 Å². The summed E-state index contributed by atoms with van der Waals surface area (Å²) < 4.78 is 23.8. The molecule has 2 aromatic rings. The Morgan fingerprint density at radius 1 is 1.10 bits per heavy atom. The molecule has 6 nitrogen and oxygen atoms in total. The monoisotopic (exact) mass is 428 g/mol. The Labute approximate surface area is 180 Å². The quantitative estimate of drug-likeness (QED) is 0.348. The number of benzene rings is 1. The number of allylic oxidation sites excluding steroid dienone is 2. The molecule has 0 spiro atoms. The third-order valence-corrected chi connectivity index (χ3v) is 7.23. The average Bonchev–Trinajstić information content (AvgIpc) is 2.77. The summed E-state index contributed by atoms with van der Waals surface area (Å²) >= 11 is 0. The molecule has 0 amide bonds. The Morgan fingerprint density at radius 3 is 2.43 bits per heavy atom. The molecule has 30 heavy (non-hydrogen) atoms. The maximum Gasteiger partial charge on any atom is 0.395 e. The Bertz CT molecular complexity index is 856. The van der Waals surface area contributed by atoms with Crippen LogP contribution in [-0.2, 0) is 11.0 Å². The number of likely N-dealkylation sites (N-methyl/N-ethyl adjacent to an activating group) is 1. The molecule has 0 aliphatic carbocycles. The third-order valence-electron chi connectivity index (χ3n) is 4.66. The number of aliphatic imine (C=N–C) groups is 1. The number of nitrogens with zero attached hydrogens (tertiary/aromatic N) is 4. The number of hydrogen-bond acceptors (Lipinski definition) is 4. The van der Waals surface area contributed by atoms with E-state index < -0.39 is 7.67 Å². The minimum Gasteiger partial charge on any atom is -0.422 e. The smallest absolute Gasteiger partial charge is 0.395 e. The van der Waals surface area contributed by atoms with Crippen LogP contribution in [0.25, 0.3) is 0 Å². The highest BCUT2D eigenvalue weighted by Crippen LogP contribution is 2.52. The van der Waals surface area contributed by atoms with Gasteiger partial charge in [-0.05, 0) is 58.3 Å². The van der Waals surface area contributed by atoms with Gasteiger partial charge in [0.15, 0.2) is 0 Å². The van der Waals surface area contributed by atoms with E-state index in [9.17, 15) is 4.57 Å². The summed E-state index contributed by atoms with van der Waals surface area (Å²) in [5, 5.41) is 0. The molecular formula is C23H33N4O2P. The molecule has 0 bridgehead atoms. The van der Waals surface area contributed by atoms with Gasteiger partial charge in [-0.3, -0.25) is 9.98 Å². The molecule has 0 fully saturated rings. The van der Waals surface area contributed by atoms with Crippen molar-refractivity contribution in [2.75, 3.05) is 33.7 Å². The van der Waals surface area contributed by atoms with Gasteiger partial charge in [-0.25, -0.2) is 13.9 Å². The minimum atomic E-state index is -3.29. The van der Waals surface area contributed by atoms with E-state index in [0.29, 0.717) is 31.7 Å². The first-order chi connectivity index (χ1) is 14.5. The summed E-state index contributed by atoms with van der Waals surface area (Å²) in [5.74, 6) is 0.591. The van der Waals surface area contributed by atoms with Crippen molar-refractivity contribution in [1.29, 1.82) is 0 Å². The molecule has 1 aromatic carbocycles. The molecule has 1 unspecified atom stereocenters. The van der Waals surface area contributed by atoms with Crippen LogP contribution in [0.3, 0.4) is 0 Å². The summed E-state index contributed by atoms with van der Waals surface area (Å²) in [6.45, 7) is 5.86. The highest BCUT2D eigenvalue weighted by molar-refractivity contribution is 7.54. The maximum absolute atomic E-state index is 14.1. The zero-order valence-corrected chi connectivity index (χ0v) is 19.3. The molecule has 0 saturated heterocycles. The molecule has 2 rings (SSSR count). The van der Waals surface area contributed by atoms with E-state index in [-0.39, 0.29) is 0 Å². The first-order valence-electron chi connectivity index (χ1n) is 10.3. The molecule has 162 valence electrons. The van der Waals surface area contributed by atoms with Gasteiger partial charge in [0.2, 0.25) is 0 Å². The molecule has 1 heterocycles. The van der Waals surface area contributed by atoms with E-state index in [0.717, 1.165) is 18.0 Å². The van der Waals surface area contributed by atoms with E-state index in [4.69, 9.17) is 4.52 Å². The second-order valence-electron chi connectivity index (χ2n) is 6.94. The molecule has 1 aromatic heterocycles. The Hall–Kier alpha value is -2.27. The number of pyridine rings is 1. The second kappa shape index (κ2) is 12.4. The van der Waals surface area contributed by atoms with Crippen LogP contribution < -0.4 is 4.52 Å². The van der Waals surface area contributed by atoms with Gasteiger partial charge in [-0.1, -0.05) is 30.3 Å². The number of aromatic nitrogens is 1. The lowest BCUT2D eigenvalue weighted by atomic mass is 10.2. The molecule has 0 aliphatic rings. The lowest BCUT2D eigenvalue weighted by Crippen LogP contribution is -2.32. The van der Waals surface area contributed by atoms with Crippen LogP contribution in [0.1, 0.15) is 26.0 Å². The normalized spacial score (nSPS) is 14.4. The molecule has 0 aliphatic heterocycles. The summed E-state index contributed by atoms with van der Waals surface area (Å²) in [6, 6.07) is 15.2. The van der Waals surface area contributed by atoms with E-state index in [1.807, 2.05) is 93.3 Å². The molecule has 0 radical (unpaired) electrons. The van der Waals surface area contributed by atoms with Gasteiger partial charge in [-0.15, -0.1) is 0 Å². The first-order valence-corrected chi connectivity index (χ1v) is 11.9. The van der Waals surface area contributed by atoms with Gasteiger partial charge < -0.3 is 4.52 Å². The predicted octanol–water partition coefficient (Wildman–Crippen LogP) is 5.10. The van der Waals surface area contributed by atoms with Crippen LogP contribution in [0, 0.1) is 0 Å². The van der Waals surface area contributed by atoms with E-state index >= 15 is 0 Å². The Kier molecular flexibility index (Phi) is 9.95. The topological polar surface area (TPSA) is 58.0 Å². The Balaban J connectivity index is 2.17. The zero-order chi connectivity index (χ0) is 21.8. The van der Waals surface area contributed by atoms with Crippen LogP contribution in [0.15, 0.2) is 71.9 Å². The van der Waals surface area contributed by atoms with Crippen molar-refractivity contribution in [3.8, 4) is 5.75 Å². The summed E-state index contributed by atoms with van der Waals surface area (Å²) in [4.78, 5) is 8.89. The third kappa shape index (κ3) is 7.21. The van der Waals surface area contributed by atoms with E-state index in [1.54, 1.807) is 10.9 Å². The average molecular weight is 429 g/mol. The predicted molar refractivity (Wildman–Crippen MR) is 125 cm³/mol. The Morgan fingerprint density at radius 2 is 1.80 bits per heavy atom. The van der Waals surface area contributed by atoms with Crippen LogP contribution in [0.5, 0.6) is 5.75 Å². The van der Waals surface area contributed by atoms with Crippen LogP contribution in [0.4, 0.5) is 0 Å². The number of hydrogen-bond donors (Lipinski definition) is 0. The van der Waals surface area contributed by atoms with Crippen molar-refractivity contribution in [2.45, 2.75) is 26.7 Å². The molecule has 0 saturated carbocycles. The largest absolute Gasteiger partial charge is 0.422 e. The van der Waals surface area contributed by atoms with Crippen molar-refractivity contribution >= 4 is 13.4 Å². The molecular weight excluding hydrogens is 395 g/mol. The lowest BCUT2D eigenvalue weighted by Gasteiger charge is -2.34. The molecule has 7 heteroatoms. The lowest BCUT2D eigenvalue weighted by molar-refractivity contribution is 0.317. The van der Waals surface area contributed by atoms with Gasteiger partial charge in [0.05, 0.1) is 0 Å². The van der Waals surface area contributed by atoms with Crippen molar-refractivity contribution in [3.05, 3.63) is 72.6 Å². The fourth-order valence-corrected chi connectivity index (χ4v) is 4.88. The fourth-order valence-electron chi connectivity index (χ4n) is 2.98. The summed E-state index contributed by atoms with van der Waals surface area (Å²) in [5.41, 5.74) is 1.96. The van der Waals surface area contributed by atoms with Gasteiger partial charge in [0, 0.05) is 50.1 Å². The molecule has 0 N–H and O–H groups in total. The molecule has 1 atom stereocenters. The first kappa shape index (κ1) is 24.0. The van der Waals surface area contributed by atoms with Gasteiger partial charge >= 0.3 is 7.67 Å². The summed E-state index contributed by atoms with van der Waals surface area (Å²) in [6.07, 6.45) is 7.15. The number of para-hydroxylation sites is 1. The van der Waals surface area contributed by atoms with Crippen LogP contribution in [-0.4, -0.2) is 53.8 Å². The second-order valence-corrected chi connectivity index (χ2v) is 9.47. The highest BCUT2D eigenvalue weighted by atomic mass is 31.2. The SMILES string of the molecule is C/C=C\C(CCN(C)P(=O)(Oc1ccccc1)N(C)CCc1ccccn1)=NCC. The number of rotatable bonds is 12. The van der Waals surface area contributed by atoms with Crippen LogP contribution in [0.2, 0.25) is 0 Å². The maximum atomic E-state index is 14.1. The van der Waals surface area contributed by atoms with Crippen molar-refractivity contribution < 1.29 is 9.09 Å². The van der Waals surface area contributed by atoms with Gasteiger partial charge in [-0.2, -0.15) is 0 Å². The summed E-state index contributed by atoms with van der Waals surface area (Å²) in [7, 11) is 0.396. The van der Waals surface area contributed by atoms with Gasteiger partial charge in [0.1, 0.15) is 5.75 Å². The standard InChI is InChI=1S/C23H33N4O2P/c1-5-12-21(24-6-2)16-19-26(3)30(28,29-23-14-8-7-9-15-23)27(4)20-17-22-13-10-11-18-25-22/h5,7-15,18H,6,16-17,19-20H2,1-4H3/b12-5-,24-21?. The fraction of sp³-hybridized carbons (Fsp3) is 0.391. The zero-order valence-electron chi connectivity index (χ0n) is 18.4. The van der Waals surface area contributed by atoms with Crippen molar-refractivity contribution in [1.82, 2.24) is 14.3 Å². The van der Waals surface area contributed by atoms with Crippen molar-refractivity contribution in [3.63, 3.8) is 0 Å². The highest BCUT2D eigenvalue weighted by Gasteiger charge is 2.35. The van der Waals surface area contributed by atoms with E-state index in [1.165, 1.54) is 0 Å². The minimum absolute atomic E-state index is 0.566.